The Balaban J connectivity index is 0.867. The van der Waals surface area contributed by atoms with E-state index in [1.807, 2.05) is 42.5 Å². The Kier molecular flexibility index (Phi) is 9.85. The van der Waals surface area contributed by atoms with Gasteiger partial charge in [0.15, 0.2) is 17.5 Å². The summed E-state index contributed by atoms with van der Waals surface area (Å²) in [7, 11) is 0. The second-order valence-electron chi connectivity index (χ2n) is 17.7. The highest BCUT2D eigenvalue weighted by Crippen LogP contribution is 2.49. The Morgan fingerprint density at radius 2 is 0.743 bits per heavy atom. The minimum absolute atomic E-state index is 0.575. The Morgan fingerprint density at radius 3 is 1.53 bits per heavy atom. The van der Waals surface area contributed by atoms with Crippen LogP contribution in [0.25, 0.3) is 138 Å². The molecule has 11 aromatic carbocycles. The molecule has 70 heavy (non-hydrogen) atoms. The highest BCUT2D eigenvalue weighted by Gasteiger charge is 2.23. The molecule has 0 atom stereocenters. The Labute approximate surface area is 406 Å². The third-order valence-electron chi connectivity index (χ3n) is 13.7. The minimum atomic E-state index is 0.575. The van der Waals surface area contributed by atoms with Gasteiger partial charge in [0.1, 0.15) is 0 Å². The average molecular weight is 889 g/mol. The fraction of sp³-hybridized carbons (Fsp3) is 0. The fourth-order valence-corrected chi connectivity index (χ4v) is 10.4. The number of hydrogen-bond donors (Lipinski definition) is 0. The van der Waals surface area contributed by atoms with E-state index in [0.717, 1.165) is 66.8 Å². The van der Waals surface area contributed by atoms with Crippen LogP contribution in [-0.4, -0.2) is 15.0 Å². The summed E-state index contributed by atoms with van der Waals surface area (Å²) in [6, 6.07) is 84.9. The molecule has 0 bridgehead atoms. The van der Waals surface area contributed by atoms with Crippen molar-refractivity contribution in [3.8, 4) is 112 Å². The minimum Gasteiger partial charge on any atom is -0.237 e. The fourth-order valence-electron chi connectivity index (χ4n) is 10.4. The lowest BCUT2D eigenvalue weighted by Gasteiger charge is -2.16. The molecule has 1 heterocycles. The summed E-state index contributed by atoms with van der Waals surface area (Å²) in [5, 5.41) is 4.95. The number of fused-ring (bicyclic) bond motifs is 4. The third kappa shape index (κ3) is 6.96. The van der Waals surface area contributed by atoms with Gasteiger partial charge in [-0.25, -0.2) is 19.8 Å². The zero-order valence-corrected chi connectivity index (χ0v) is 37.9. The van der Waals surface area contributed by atoms with Crippen LogP contribution in [0.15, 0.2) is 243 Å². The third-order valence-corrected chi connectivity index (χ3v) is 13.7. The van der Waals surface area contributed by atoms with E-state index in [0.29, 0.717) is 23.2 Å². The van der Waals surface area contributed by atoms with Crippen LogP contribution in [0.2, 0.25) is 0 Å². The van der Waals surface area contributed by atoms with Crippen molar-refractivity contribution < 1.29 is 0 Å². The van der Waals surface area contributed by atoms with Crippen LogP contribution in [0.4, 0.5) is 5.69 Å². The van der Waals surface area contributed by atoms with Gasteiger partial charge in [0.05, 0.1) is 6.57 Å². The van der Waals surface area contributed by atoms with Crippen molar-refractivity contribution >= 4 is 27.2 Å². The van der Waals surface area contributed by atoms with Crippen LogP contribution in [0.5, 0.6) is 0 Å². The van der Waals surface area contributed by atoms with Crippen LogP contribution in [0.3, 0.4) is 0 Å². The highest BCUT2D eigenvalue weighted by atomic mass is 15.0. The molecule has 0 radical (unpaired) electrons. The monoisotopic (exact) mass is 888 g/mol. The maximum absolute atomic E-state index is 8.59. The number of benzene rings is 11. The van der Waals surface area contributed by atoms with Crippen LogP contribution in [0.1, 0.15) is 0 Å². The number of rotatable bonds is 8. The number of aromatic nitrogens is 3. The van der Waals surface area contributed by atoms with Crippen molar-refractivity contribution in [2.45, 2.75) is 0 Å². The van der Waals surface area contributed by atoms with Gasteiger partial charge in [-0.15, -0.1) is 0 Å². The summed E-state index contributed by atoms with van der Waals surface area (Å²) in [4.78, 5) is 19.8. The number of para-hydroxylation sites is 1. The van der Waals surface area contributed by atoms with Crippen LogP contribution >= 0.6 is 0 Å². The molecule has 0 unspecified atom stereocenters. The molecule has 0 N–H and O–H groups in total. The zero-order valence-electron chi connectivity index (χ0n) is 37.9. The van der Waals surface area contributed by atoms with E-state index in [2.05, 4.69) is 205 Å². The van der Waals surface area contributed by atoms with E-state index in [1.54, 1.807) is 0 Å². The molecular weight excluding hydrogens is 849 g/mol. The predicted octanol–water partition coefficient (Wildman–Crippen LogP) is 17.7. The molecule has 0 amide bonds. The highest BCUT2D eigenvalue weighted by molar-refractivity contribution is 6.15. The normalized spacial score (nSPS) is 11.4. The quantitative estimate of drug-likeness (QED) is 0.143. The number of hydrogen-bond acceptors (Lipinski definition) is 3. The SMILES string of the molecule is [C-]#[N+]c1c(-c2ccc(-c3ccc4c(c3)-c3cccc5cccc-4c35)cc2)cccc1-c1ccccc1-c1cccc(-c2nc(-c3ccccc3)nc(-c3ccccc3-c3cccc4ccccc34)n2)c1. The van der Waals surface area contributed by atoms with E-state index in [-0.39, 0.29) is 0 Å². The molecule has 1 aromatic heterocycles. The lowest BCUT2D eigenvalue weighted by molar-refractivity contribution is 1.07. The maximum atomic E-state index is 8.59. The Morgan fingerprint density at radius 1 is 0.257 bits per heavy atom. The first kappa shape index (κ1) is 40.7. The standard InChI is InChI=1S/C66H40N4/c1-67-63-52(44-36-34-42(35-37-44)47-38-39-56-57-31-13-20-45-21-14-32-58(62(45)57)61(56)41-47)29-15-33-59(63)54-26-8-7-25-51(54)48-22-11-23-49(40-48)65-68-64(46-17-3-2-4-18-46)69-66(70-65)60-28-10-9-27-55(60)53-30-12-19-43-16-5-6-24-50(43)53/h2-41H. The zero-order chi connectivity index (χ0) is 46.5. The van der Waals surface area contributed by atoms with E-state index >= 15 is 0 Å². The summed E-state index contributed by atoms with van der Waals surface area (Å²) >= 11 is 0. The van der Waals surface area contributed by atoms with Crippen LogP contribution < -0.4 is 0 Å². The second-order valence-corrected chi connectivity index (χ2v) is 17.7. The Bertz CT molecular complexity index is 4060. The predicted molar refractivity (Wildman–Crippen MR) is 289 cm³/mol. The van der Waals surface area contributed by atoms with Crippen molar-refractivity contribution in [2.24, 2.45) is 0 Å². The molecule has 4 heteroatoms. The summed E-state index contributed by atoms with van der Waals surface area (Å²) in [5.74, 6) is 1.77. The number of nitrogens with zero attached hydrogens (tertiary/aromatic N) is 4. The van der Waals surface area contributed by atoms with Crippen LogP contribution in [0, 0.1) is 6.57 Å². The Hall–Kier alpha value is -9.56. The molecule has 1 aliphatic rings. The van der Waals surface area contributed by atoms with E-state index in [4.69, 9.17) is 21.5 Å². The average Bonchev–Trinajstić information content (AvgIpc) is 3.76. The van der Waals surface area contributed by atoms with Crippen molar-refractivity contribution in [3.05, 3.63) is 254 Å². The van der Waals surface area contributed by atoms with Gasteiger partial charge in [-0.3, -0.25) is 0 Å². The van der Waals surface area contributed by atoms with Gasteiger partial charge in [0.25, 0.3) is 0 Å². The molecule has 1 aliphatic carbocycles. The van der Waals surface area contributed by atoms with Gasteiger partial charge in [-0.1, -0.05) is 231 Å². The summed E-state index contributed by atoms with van der Waals surface area (Å²) < 4.78 is 0. The maximum Gasteiger partial charge on any atom is 0.202 e. The first-order chi connectivity index (χ1) is 34.7. The molecule has 0 saturated heterocycles. The van der Waals surface area contributed by atoms with Gasteiger partial charge in [-0.05, 0) is 112 Å². The van der Waals surface area contributed by atoms with Crippen molar-refractivity contribution in [1.82, 2.24) is 15.0 Å². The molecule has 4 nitrogen and oxygen atoms in total. The molecule has 324 valence electrons. The first-order valence-corrected chi connectivity index (χ1v) is 23.5. The smallest absolute Gasteiger partial charge is 0.202 e. The van der Waals surface area contributed by atoms with Gasteiger partial charge in [0.2, 0.25) is 5.69 Å². The largest absolute Gasteiger partial charge is 0.237 e. The van der Waals surface area contributed by atoms with Gasteiger partial charge in [0, 0.05) is 16.7 Å². The second kappa shape index (κ2) is 16.9. The lowest BCUT2D eigenvalue weighted by atomic mass is 9.90. The van der Waals surface area contributed by atoms with Crippen molar-refractivity contribution in [2.75, 3.05) is 0 Å². The molecule has 12 aromatic rings. The lowest BCUT2D eigenvalue weighted by Crippen LogP contribution is -2.01. The topological polar surface area (TPSA) is 43.0 Å². The van der Waals surface area contributed by atoms with Crippen LogP contribution in [-0.2, 0) is 0 Å². The molecule has 13 rings (SSSR count). The van der Waals surface area contributed by atoms with Gasteiger partial charge >= 0.3 is 0 Å². The summed E-state index contributed by atoms with van der Waals surface area (Å²) in [6.07, 6.45) is 0. The molecule has 0 spiro atoms. The van der Waals surface area contributed by atoms with Gasteiger partial charge in [-0.2, -0.15) is 0 Å². The molecule has 0 fully saturated rings. The molecule has 0 saturated carbocycles. The van der Waals surface area contributed by atoms with E-state index < -0.39 is 0 Å². The first-order valence-electron chi connectivity index (χ1n) is 23.5. The summed E-state index contributed by atoms with van der Waals surface area (Å²) in [5.41, 5.74) is 18.7. The van der Waals surface area contributed by atoms with Crippen molar-refractivity contribution in [1.29, 1.82) is 0 Å². The summed E-state index contributed by atoms with van der Waals surface area (Å²) in [6.45, 7) is 8.59. The van der Waals surface area contributed by atoms with Gasteiger partial charge < -0.3 is 0 Å². The molecular formula is C66H40N4. The van der Waals surface area contributed by atoms with E-state index in [9.17, 15) is 0 Å². The molecule has 0 aliphatic heterocycles. The van der Waals surface area contributed by atoms with E-state index in [1.165, 1.54) is 49.4 Å². The van der Waals surface area contributed by atoms with Crippen molar-refractivity contribution in [3.63, 3.8) is 0 Å².